The minimum absolute atomic E-state index is 0.0564. The first kappa shape index (κ1) is 13.1. The molecule has 1 aliphatic heterocycles. The Morgan fingerprint density at radius 1 is 1.10 bits per heavy atom. The Morgan fingerprint density at radius 2 is 1.75 bits per heavy atom. The number of hydrogen-bond donors (Lipinski definition) is 1. The number of benzene rings is 1. The largest absolute Gasteiger partial charge is 0.356 e. The topological polar surface area (TPSA) is 42.1 Å². The highest BCUT2D eigenvalue weighted by molar-refractivity contribution is 5.44. The van der Waals surface area contributed by atoms with Gasteiger partial charge in [0.2, 0.25) is 0 Å². The van der Waals surface area contributed by atoms with Crippen molar-refractivity contribution >= 4 is 5.82 Å². The smallest absolute Gasteiger partial charge is 0.128 e. The molecule has 0 spiro atoms. The summed E-state index contributed by atoms with van der Waals surface area (Å²) < 4.78 is 0. The van der Waals surface area contributed by atoms with E-state index >= 15 is 0 Å². The minimum atomic E-state index is 0.0564. The fourth-order valence-corrected chi connectivity index (χ4v) is 2.79. The van der Waals surface area contributed by atoms with Crippen molar-refractivity contribution in [3.8, 4) is 0 Å². The van der Waals surface area contributed by atoms with E-state index in [2.05, 4.69) is 40.2 Å². The van der Waals surface area contributed by atoms with Crippen LogP contribution in [0.1, 0.15) is 29.7 Å². The molecule has 3 nitrogen and oxygen atoms in total. The first-order valence-corrected chi connectivity index (χ1v) is 7.27. The van der Waals surface area contributed by atoms with Crippen LogP contribution < -0.4 is 10.6 Å². The number of rotatable bonds is 2. The van der Waals surface area contributed by atoms with Gasteiger partial charge in [-0.2, -0.15) is 0 Å². The van der Waals surface area contributed by atoms with E-state index in [4.69, 9.17) is 5.73 Å². The van der Waals surface area contributed by atoms with Crippen molar-refractivity contribution in [1.82, 2.24) is 4.98 Å². The van der Waals surface area contributed by atoms with Crippen LogP contribution in [0.25, 0.3) is 0 Å². The molecule has 2 N–H and O–H groups in total. The second-order valence-corrected chi connectivity index (χ2v) is 5.49. The second kappa shape index (κ2) is 5.63. The van der Waals surface area contributed by atoms with Crippen LogP contribution >= 0.6 is 0 Å². The molecule has 0 radical (unpaired) electrons. The highest BCUT2D eigenvalue weighted by atomic mass is 15.2. The summed E-state index contributed by atoms with van der Waals surface area (Å²) in [4.78, 5) is 6.89. The van der Waals surface area contributed by atoms with Crippen molar-refractivity contribution in [3.63, 3.8) is 0 Å². The van der Waals surface area contributed by atoms with E-state index in [9.17, 15) is 0 Å². The van der Waals surface area contributed by atoms with Crippen LogP contribution in [-0.4, -0.2) is 18.1 Å². The van der Waals surface area contributed by atoms with E-state index in [0.29, 0.717) is 0 Å². The van der Waals surface area contributed by atoms with Crippen molar-refractivity contribution in [2.45, 2.75) is 25.8 Å². The van der Waals surface area contributed by atoms with Gasteiger partial charge in [0.15, 0.2) is 0 Å². The number of nitrogens with zero attached hydrogens (tertiary/aromatic N) is 2. The molecular formula is C17H21N3. The molecule has 1 aromatic carbocycles. The zero-order chi connectivity index (χ0) is 13.9. The van der Waals surface area contributed by atoms with E-state index < -0.39 is 0 Å². The second-order valence-electron chi connectivity index (χ2n) is 5.49. The first-order chi connectivity index (χ1) is 9.74. The summed E-state index contributed by atoms with van der Waals surface area (Å²) in [6.45, 7) is 4.05. The highest BCUT2D eigenvalue weighted by Crippen LogP contribution is 2.21. The van der Waals surface area contributed by atoms with Crippen LogP contribution in [0.3, 0.4) is 0 Å². The van der Waals surface area contributed by atoms with Crippen molar-refractivity contribution in [3.05, 3.63) is 59.3 Å². The van der Waals surface area contributed by atoms with Crippen LogP contribution in [0.2, 0.25) is 0 Å². The van der Waals surface area contributed by atoms with Crippen LogP contribution in [-0.2, 0) is 12.8 Å². The number of pyridine rings is 1. The Hall–Kier alpha value is -1.87. The van der Waals surface area contributed by atoms with Gasteiger partial charge in [-0.15, -0.1) is 0 Å². The van der Waals surface area contributed by atoms with E-state index in [1.54, 1.807) is 0 Å². The fraction of sp³-hybridized carbons (Fsp3) is 0.353. The molecule has 0 saturated carbocycles. The van der Waals surface area contributed by atoms with E-state index in [-0.39, 0.29) is 6.04 Å². The van der Waals surface area contributed by atoms with E-state index in [1.165, 1.54) is 11.1 Å². The average molecular weight is 267 g/mol. The van der Waals surface area contributed by atoms with Gasteiger partial charge < -0.3 is 10.6 Å². The maximum Gasteiger partial charge on any atom is 0.128 e. The van der Waals surface area contributed by atoms with E-state index in [0.717, 1.165) is 37.3 Å². The van der Waals surface area contributed by atoms with Gasteiger partial charge >= 0.3 is 0 Å². The Morgan fingerprint density at radius 3 is 2.35 bits per heavy atom. The predicted octanol–water partition coefficient (Wildman–Crippen LogP) is 2.71. The van der Waals surface area contributed by atoms with Crippen LogP contribution in [0.4, 0.5) is 5.82 Å². The van der Waals surface area contributed by atoms with Crippen molar-refractivity contribution in [1.29, 1.82) is 0 Å². The summed E-state index contributed by atoms with van der Waals surface area (Å²) >= 11 is 0. The monoisotopic (exact) mass is 267 g/mol. The molecule has 0 saturated heterocycles. The van der Waals surface area contributed by atoms with Crippen molar-refractivity contribution in [2.24, 2.45) is 5.73 Å². The minimum Gasteiger partial charge on any atom is -0.356 e. The number of nitrogens with two attached hydrogens (primary N) is 1. The molecule has 3 rings (SSSR count). The van der Waals surface area contributed by atoms with Gasteiger partial charge in [-0.1, -0.05) is 24.3 Å². The van der Waals surface area contributed by atoms with Crippen LogP contribution in [0, 0.1) is 0 Å². The van der Waals surface area contributed by atoms with Gasteiger partial charge in [-0.25, -0.2) is 4.98 Å². The number of anilines is 1. The zero-order valence-electron chi connectivity index (χ0n) is 11.9. The lowest BCUT2D eigenvalue weighted by Gasteiger charge is -2.22. The molecule has 0 unspecified atom stereocenters. The summed E-state index contributed by atoms with van der Waals surface area (Å²) in [5.74, 6) is 1.05. The molecular weight excluding hydrogens is 246 g/mol. The van der Waals surface area contributed by atoms with Gasteiger partial charge in [0.1, 0.15) is 5.82 Å². The Balaban J connectivity index is 1.81. The Kier molecular flexibility index (Phi) is 3.70. The van der Waals surface area contributed by atoms with Gasteiger partial charge in [-0.05, 0) is 48.6 Å². The average Bonchev–Trinajstić information content (AvgIpc) is 2.70. The molecule has 2 heterocycles. The molecule has 0 fully saturated rings. The lowest BCUT2D eigenvalue weighted by atomic mass is 10.0. The number of fused-ring (bicyclic) bond motifs is 1. The summed E-state index contributed by atoms with van der Waals surface area (Å²) in [6, 6.07) is 12.9. The quantitative estimate of drug-likeness (QED) is 0.909. The molecule has 1 aromatic heterocycles. The molecule has 3 heteroatoms. The molecule has 1 aliphatic rings. The van der Waals surface area contributed by atoms with Crippen LogP contribution in [0.15, 0.2) is 42.6 Å². The lowest BCUT2D eigenvalue weighted by Crippen LogP contribution is -2.27. The SMILES string of the molecule is C[C@H](N)c1ccnc(N2CCc3ccccc3CC2)c1. The molecule has 0 bridgehead atoms. The van der Waals surface area contributed by atoms with E-state index in [1.807, 2.05) is 19.2 Å². The lowest BCUT2D eigenvalue weighted by molar-refractivity contribution is 0.777. The fourth-order valence-electron chi connectivity index (χ4n) is 2.79. The summed E-state index contributed by atoms with van der Waals surface area (Å²) in [5.41, 5.74) is 10.1. The summed E-state index contributed by atoms with van der Waals surface area (Å²) in [7, 11) is 0. The van der Waals surface area contributed by atoms with Crippen LogP contribution in [0.5, 0.6) is 0 Å². The van der Waals surface area contributed by atoms with Gasteiger partial charge in [-0.3, -0.25) is 0 Å². The van der Waals surface area contributed by atoms with Gasteiger partial charge in [0.05, 0.1) is 0 Å². The van der Waals surface area contributed by atoms with Gasteiger partial charge in [0, 0.05) is 25.3 Å². The maximum absolute atomic E-state index is 5.97. The highest BCUT2D eigenvalue weighted by Gasteiger charge is 2.15. The zero-order valence-corrected chi connectivity index (χ0v) is 11.9. The van der Waals surface area contributed by atoms with Crippen molar-refractivity contribution < 1.29 is 0 Å². The third kappa shape index (κ3) is 2.68. The summed E-state index contributed by atoms with van der Waals surface area (Å²) in [5, 5.41) is 0. The Labute approximate surface area is 120 Å². The normalized spacial score (nSPS) is 16.4. The molecule has 0 amide bonds. The number of aromatic nitrogens is 1. The van der Waals surface area contributed by atoms with Crippen molar-refractivity contribution in [2.75, 3.05) is 18.0 Å². The predicted molar refractivity (Wildman–Crippen MR) is 82.9 cm³/mol. The number of hydrogen-bond acceptors (Lipinski definition) is 3. The standard InChI is InChI=1S/C17H21N3/c1-13(18)16-6-9-19-17(12-16)20-10-7-14-4-2-3-5-15(14)8-11-20/h2-6,9,12-13H,7-8,10-11,18H2,1H3/t13-/m0/s1. The third-order valence-electron chi connectivity index (χ3n) is 4.04. The molecule has 104 valence electrons. The Bertz CT molecular complexity index is 565. The summed E-state index contributed by atoms with van der Waals surface area (Å²) in [6.07, 6.45) is 4.03. The maximum atomic E-state index is 5.97. The molecule has 2 aromatic rings. The molecule has 1 atom stereocenters. The van der Waals surface area contributed by atoms with Gasteiger partial charge in [0.25, 0.3) is 0 Å². The third-order valence-corrected chi connectivity index (χ3v) is 4.04. The first-order valence-electron chi connectivity index (χ1n) is 7.27. The molecule has 20 heavy (non-hydrogen) atoms. The molecule has 0 aliphatic carbocycles.